The van der Waals surface area contributed by atoms with Crippen molar-refractivity contribution < 1.29 is 9.90 Å². The first-order chi connectivity index (χ1) is 9.00. The summed E-state index contributed by atoms with van der Waals surface area (Å²) >= 11 is 0. The summed E-state index contributed by atoms with van der Waals surface area (Å²) in [6, 6.07) is 5.47. The minimum absolute atomic E-state index is 0.159. The lowest BCUT2D eigenvalue weighted by Gasteiger charge is -2.44. The third kappa shape index (κ3) is 3.32. The molecule has 4 nitrogen and oxygen atoms in total. The van der Waals surface area contributed by atoms with E-state index in [0.29, 0.717) is 0 Å². The number of aliphatic carboxylic acids is 1. The lowest BCUT2D eigenvalue weighted by Crippen LogP contribution is -2.54. The molecule has 2 rings (SSSR count). The number of nitrogens with zero attached hydrogens (tertiary/aromatic N) is 2. The molecule has 1 atom stereocenters. The highest BCUT2D eigenvalue weighted by Crippen LogP contribution is 2.35. The molecule has 0 aliphatic carbocycles. The maximum absolute atomic E-state index is 11.5. The van der Waals surface area contributed by atoms with Gasteiger partial charge in [-0.1, -0.05) is 19.9 Å². The van der Waals surface area contributed by atoms with Crippen LogP contribution in [0.15, 0.2) is 24.4 Å². The SMILES string of the molecule is CC1(C)CCCN(CCc2ccccn2)C1C(=O)O. The highest BCUT2D eigenvalue weighted by molar-refractivity contribution is 5.74. The van der Waals surface area contributed by atoms with Crippen LogP contribution in [0, 0.1) is 5.41 Å². The molecule has 0 spiro atoms. The monoisotopic (exact) mass is 262 g/mol. The summed E-state index contributed by atoms with van der Waals surface area (Å²) in [6.45, 7) is 5.74. The van der Waals surface area contributed by atoms with Gasteiger partial charge in [0.25, 0.3) is 0 Å². The molecule has 1 unspecified atom stereocenters. The first kappa shape index (κ1) is 14.0. The molecule has 1 fully saturated rings. The van der Waals surface area contributed by atoms with Crippen molar-refractivity contribution in [1.82, 2.24) is 9.88 Å². The largest absolute Gasteiger partial charge is 0.480 e. The molecule has 1 aromatic heterocycles. The maximum Gasteiger partial charge on any atom is 0.321 e. The normalized spacial score (nSPS) is 23.2. The van der Waals surface area contributed by atoms with Gasteiger partial charge in [0.05, 0.1) is 0 Å². The zero-order valence-electron chi connectivity index (χ0n) is 11.7. The van der Waals surface area contributed by atoms with E-state index in [0.717, 1.165) is 38.0 Å². The molecule has 0 aromatic carbocycles. The summed E-state index contributed by atoms with van der Waals surface area (Å²) in [5.41, 5.74) is 0.865. The van der Waals surface area contributed by atoms with E-state index in [1.807, 2.05) is 18.2 Å². The standard InChI is InChI=1S/C15H22N2O2/c1-15(2)8-5-10-17(13(15)14(18)19)11-7-12-6-3-4-9-16-12/h3-4,6,9,13H,5,7-8,10-11H2,1-2H3,(H,18,19). The Morgan fingerprint density at radius 1 is 1.53 bits per heavy atom. The van der Waals surface area contributed by atoms with Gasteiger partial charge in [0.2, 0.25) is 0 Å². The van der Waals surface area contributed by atoms with Gasteiger partial charge in [-0.25, -0.2) is 0 Å². The van der Waals surface area contributed by atoms with Gasteiger partial charge in [-0.3, -0.25) is 14.7 Å². The molecule has 2 heterocycles. The second kappa shape index (κ2) is 5.70. The van der Waals surface area contributed by atoms with Crippen molar-refractivity contribution >= 4 is 5.97 Å². The number of likely N-dealkylation sites (tertiary alicyclic amines) is 1. The summed E-state index contributed by atoms with van der Waals surface area (Å²) in [4.78, 5) is 17.9. The first-order valence-electron chi connectivity index (χ1n) is 6.87. The van der Waals surface area contributed by atoms with Crippen LogP contribution in [0.2, 0.25) is 0 Å². The van der Waals surface area contributed by atoms with Crippen LogP contribution in [0.5, 0.6) is 0 Å². The topological polar surface area (TPSA) is 53.4 Å². The lowest BCUT2D eigenvalue weighted by molar-refractivity contribution is -0.150. The van der Waals surface area contributed by atoms with Gasteiger partial charge in [-0.15, -0.1) is 0 Å². The van der Waals surface area contributed by atoms with Gasteiger partial charge in [-0.05, 0) is 36.9 Å². The van der Waals surface area contributed by atoms with Crippen molar-refractivity contribution in [1.29, 1.82) is 0 Å². The van der Waals surface area contributed by atoms with E-state index in [-0.39, 0.29) is 11.5 Å². The Morgan fingerprint density at radius 3 is 2.95 bits per heavy atom. The van der Waals surface area contributed by atoms with Crippen molar-refractivity contribution in [2.24, 2.45) is 5.41 Å². The zero-order chi connectivity index (χ0) is 13.9. The van der Waals surface area contributed by atoms with E-state index in [1.54, 1.807) is 6.20 Å². The quantitative estimate of drug-likeness (QED) is 0.903. The van der Waals surface area contributed by atoms with Crippen molar-refractivity contribution in [2.45, 2.75) is 39.2 Å². The predicted octanol–water partition coefficient (Wildman–Crippen LogP) is 2.20. The molecule has 0 amide bonds. The summed E-state index contributed by atoms with van der Waals surface area (Å²) in [5.74, 6) is -0.703. The van der Waals surface area contributed by atoms with Crippen LogP contribution in [0.25, 0.3) is 0 Å². The lowest BCUT2D eigenvalue weighted by atomic mass is 9.76. The summed E-state index contributed by atoms with van der Waals surface area (Å²) in [7, 11) is 0. The molecule has 0 saturated carbocycles. The molecule has 1 N–H and O–H groups in total. The summed E-state index contributed by atoms with van der Waals surface area (Å²) in [6.07, 6.45) is 4.63. The van der Waals surface area contributed by atoms with Crippen molar-refractivity contribution in [2.75, 3.05) is 13.1 Å². The summed E-state index contributed by atoms with van der Waals surface area (Å²) < 4.78 is 0. The number of aromatic nitrogens is 1. The maximum atomic E-state index is 11.5. The van der Waals surface area contributed by atoms with Crippen molar-refractivity contribution in [3.63, 3.8) is 0 Å². The third-order valence-electron chi connectivity index (χ3n) is 3.99. The number of hydrogen-bond donors (Lipinski definition) is 1. The van der Waals surface area contributed by atoms with Crippen LogP contribution in [0.1, 0.15) is 32.4 Å². The second-order valence-electron chi connectivity index (χ2n) is 5.94. The van der Waals surface area contributed by atoms with Crippen LogP contribution in [0.3, 0.4) is 0 Å². The number of carbonyl (C=O) groups is 1. The fraction of sp³-hybridized carbons (Fsp3) is 0.600. The minimum atomic E-state index is -0.703. The van der Waals surface area contributed by atoms with Crippen LogP contribution < -0.4 is 0 Å². The van der Waals surface area contributed by atoms with Gasteiger partial charge in [-0.2, -0.15) is 0 Å². The van der Waals surface area contributed by atoms with Crippen molar-refractivity contribution in [3.05, 3.63) is 30.1 Å². The van der Waals surface area contributed by atoms with Gasteiger partial charge in [0.1, 0.15) is 6.04 Å². The Kier molecular flexibility index (Phi) is 4.20. The van der Waals surface area contributed by atoms with E-state index in [4.69, 9.17) is 0 Å². The Balaban J connectivity index is 2.03. The Labute approximate surface area is 114 Å². The summed E-state index contributed by atoms with van der Waals surface area (Å²) in [5, 5.41) is 9.48. The smallest absolute Gasteiger partial charge is 0.321 e. The average Bonchev–Trinajstić information content (AvgIpc) is 2.36. The van der Waals surface area contributed by atoms with E-state index in [2.05, 4.69) is 23.7 Å². The highest BCUT2D eigenvalue weighted by atomic mass is 16.4. The number of pyridine rings is 1. The van der Waals surface area contributed by atoms with Gasteiger partial charge >= 0.3 is 5.97 Å². The fourth-order valence-electron chi connectivity index (χ4n) is 3.03. The molecule has 0 radical (unpaired) electrons. The first-order valence-corrected chi connectivity index (χ1v) is 6.87. The van der Waals surface area contributed by atoms with Crippen LogP contribution in [-0.2, 0) is 11.2 Å². The number of carboxylic acid groups (broad SMARTS) is 1. The molecule has 1 aliphatic rings. The number of piperidine rings is 1. The van der Waals surface area contributed by atoms with Crippen LogP contribution in [0.4, 0.5) is 0 Å². The van der Waals surface area contributed by atoms with E-state index in [9.17, 15) is 9.90 Å². The zero-order valence-corrected chi connectivity index (χ0v) is 11.7. The average molecular weight is 262 g/mol. The number of hydrogen-bond acceptors (Lipinski definition) is 3. The van der Waals surface area contributed by atoms with Gasteiger partial charge in [0.15, 0.2) is 0 Å². The molecule has 1 aliphatic heterocycles. The Bertz CT molecular complexity index is 431. The predicted molar refractivity (Wildman–Crippen MR) is 74.0 cm³/mol. The van der Waals surface area contributed by atoms with Crippen molar-refractivity contribution in [3.8, 4) is 0 Å². The number of rotatable bonds is 4. The van der Waals surface area contributed by atoms with E-state index < -0.39 is 5.97 Å². The van der Waals surface area contributed by atoms with Gasteiger partial charge in [0, 0.05) is 24.9 Å². The van der Waals surface area contributed by atoms with Gasteiger partial charge < -0.3 is 5.11 Å². The molecule has 19 heavy (non-hydrogen) atoms. The Morgan fingerprint density at radius 2 is 2.32 bits per heavy atom. The van der Waals surface area contributed by atoms with E-state index >= 15 is 0 Å². The molecule has 4 heteroatoms. The third-order valence-corrected chi connectivity index (χ3v) is 3.99. The molecule has 0 bridgehead atoms. The molecule has 1 saturated heterocycles. The second-order valence-corrected chi connectivity index (χ2v) is 5.94. The molecular weight excluding hydrogens is 240 g/mol. The highest BCUT2D eigenvalue weighted by Gasteiger charge is 2.42. The number of carboxylic acids is 1. The fourth-order valence-corrected chi connectivity index (χ4v) is 3.03. The van der Waals surface area contributed by atoms with Crippen LogP contribution >= 0.6 is 0 Å². The molecular formula is C15H22N2O2. The minimum Gasteiger partial charge on any atom is -0.480 e. The molecule has 104 valence electrons. The Hall–Kier alpha value is -1.42. The van der Waals surface area contributed by atoms with E-state index in [1.165, 1.54) is 0 Å². The van der Waals surface area contributed by atoms with Crippen LogP contribution in [-0.4, -0.2) is 40.1 Å². The molecule has 1 aromatic rings.